The van der Waals surface area contributed by atoms with Crippen molar-refractivity contribution in [3.05, 3.63) is 89.1 Å². The highest BCUT2D eigenvalue weighted by atomic mass is 35.5. The van der Waals surface area contributed by atoms with E-state index in [1.807, 2.05) is 42.6 Å². The van der Waals surface area contributed by atoms with Gasteiger partial charge >= 0.3 is 0 Å². The van der Waals surface area contributed by atoms with Crippen LogP contribution in [0.25, 0.3) is 10.9 Å². The van der Waals surface area contributed by atoms with Crippen molar-refractivity contribution in [1.82, 2.24) is 15.2 Å². The monoisotopic (exact) mass is 551 g/mol. The van der Waals surface area contributed by atoms with Crippen LogP contribution in [-0.4, -0.2) is 49.4 Å². The molecule has 0 radical (unpaired) electrons. The van der Waals surface area contributed by atoms with Gasteiger partial charge in [0.25, 0.3) is 5.91 Å². The Morgan fingerprint density at radius 3 is 2.45 bits per heavy atom. The van der Waals surface area contributed by atoms with Crippen LogP contribution >= 0.6 is 23.4 Å². The lowest BCUT2D eigenvalue weighted by molar-refractivity contribution is -0.118. The summed E-state index contributed by atoms with van der Waals surface area (Å²) < 4.78 is 12.7. The summed E-state index contributed by atoms with van der Waals surface area (Å²) in [5.74, 6) is 1.50. The number of halogens is 1. The van der Waals surface area contributed by atoms with Crippen molar-refractivity contribution in [2.75, 3.05) is 33.1 Å². The van der Waals surface area contributed by atoms with E-state index in [0.29, 0.717) is 53.9 Å². The largest absolute Gasteiger partial charge is 0.493 e. The van der Waals surface area contributed by atoms with Gasteiger partial charge in [-0.3, -0.25) is 9.59 Å². The third kappa shape index (κ3) is 7.02. The van der Waals surface area contributed by atoms with Crippen molar-refractivity contribution >= 4 is 46.1 Å². The number of aromatic nitrogens is 1. The molecule has 0 aliphatic heterocycles. The molecule has 0 atom stereocenters. The van der Waals surface area contributed by atoms with Gasteiger partial charge in [-0.1, -0.05) is 35.9 Å². The van der Waals surface area contributed by atoms with E-state index in [-0.39, 0.29) is 11.8 Å². The number of methoxy groups -OCH3 is 2. The second-order valence-corrected chi connectivity index (χ2v) is 10.00. The number of thioether (sulfide) groups is 1. The standard InChI is InChI=1S/C29H30ClN3O4S/c1-36-25-12-7-20(17-26(25)37-2)13-14-31-28(34)19-38-27-18-33(24-6-4-3-5-23(24)27)16-15-32-29(35)21-8-10-22(30)11-9-21/h3-12,17-18H,13-16,19H2,1-2H3,(H,31,34)(H,32,35). The number of ether oxygens (including phenoxy) is 2. The van der Waals surface area contributed by atoms with Gasteiger partial charge in [0.1, 0.15) is 0 Å². The Labute approximate surface area is 231 Å². The lowest BCUT2D eigenvalue weighted by Crippen LogP contribution is -2.27. The number of para-hydroxylation sites is 1. The fraction of sp³-hybridized carbons (Fsp3) is 0.241. The highest BCUT2D eigenvalue weighted by molar-refractivity contribution is 8.00. The SMILES string of the molecule is COc1ccc(CCNC(=O)CSc2cn(CCNC(=O)c3ccc(Cl)cc3)c3ccccc23)cc1OC. The van der Waals surface area contributed by atoms with Crippen LogP contribution in [0, 0.1) is 0 Å². The van der Waals surface area contributed by atoms with Crippen LogP contribution in [0.5, 0.6) is 11.5 Å². The van der Waals surface area contributed by atoms with Crippen LogP contribution in [0.2, 0.25) is 5.02 Å². The summed E-state index contributed by atoms with van der Waals surface area (Å²) in [6.07, 6.45) is 2.73. The van der Waals surface area contributed by atoms with Crippen LogP contribution < -0.4 is 20.1 Å². The molecule has 1 aromatic heterocycles. The van der Waals surface area contributed by atoms with Gasteiger partial charge in [0.15, 0.2) is 11.5 Å². The lowest BCUT2D eigenvalue weighted by atomic mass is 10.1. The van der Waals surface area contributed by atoms with Gasteiger partial charge in [0, 0.05) is 52.2 Å². The maximum Gasteiger partial charge on any atom is 0.251 e. The minimum Gasteiger partial charge on any atom is -0.493 e. The van der Waals surface area contributed by atoms with Crippen molar-refractivity contribution < 1.29 is 19.1 Å². The molecule has 1 heterocycles. The number of rotatable bonds is 12. The molecule has 7 nitrogen and oxygen atoms in total. The van der Waals surface area contributed by atoms with E-state index in [9.17, 15) is 9.59 Å². The highest BCUT2D eigenvalue weighted by Gasteiger charge is 2.12. The molecule has 4 aromatic rings. The summed E-state index contributed by atoms with van der Waals surface area (Å²) in [7, 11) is 3.21. The van der Waals surface area contributed by atoms with E-state index in [1.165, 1.54) is 11.8 Å². The van der Waals surface area contributed by atoms with Crippen LogP contribution in [0.1, 0.15) is 15.9 Å². The summed E-state index contributed by atoms with van der Waals surface area (Å²) >= 11 is 7.41. The van der Waals surface area contributed by atoms with Crippen molar-refractivity contribution in [2.45, 2.75) is 17.9 Å². The summed E-state index contributed by atoms with van der Waals surface area (Å²) in [4.78, 5) is 26.0. The Morgan fingerprint density at radius 2 is 1.68 bits per heavy atom. The number of carbonyl (C=O) groups is 2. The van der Waals surface area contributed by atoms with E-state index in [2.05, 4.69) is 21.3 Å². The average Bonchev–Trinajstić information content (AvgIpc) is 3.29. The predicted octanol–water partition coefficient (Wildman–Crippen LogP) is 5.19. The zero-order valence-electron chi connectivity index (χ0n) is 21.3. The molecular weight excluding hydrogens is 522 g/mol. The molecule has 2 N–H and O–H groups in total. The molecule has 3 aromatic carbocycles. The number of hydrogen-bond donors (Lipinski definition) is 2. The summed E-state index contributed by atoms with van der Waals surface area (Å²) in [6.45, 7) is 1.61. The lowest BCUT2D eigenvalue weighted by Gasteiger charge is -2.10. The molecule has 0 unspecified atom stereocenters. The minimum atomic E-state index is -0.141. The van der Waals surface area contributed by atoms with Crippen LogP contribution in [0.3, 0.4) is 0 Å². The van der Waals surface area contributed by atoms with Crippen molar-refractivity contribution in [2.24, 2.45) is 0 Å². The van der Waals surface area contributed by atoms with Crippen LogP contribution in [0.4, 0.5) is 0 Å². The fourth-order valence-corrected chi connectivity index (χ4v) is 5.13. The summed E-state index contributed by atoms with van der Waals surface area (Å²) in [5.41, 5.74) is 2.69. The van der Waals surface area contributed by atoms with Crippen LogP contribution in [-0.2, 0) is 17.8 Å². The number of nitrogens with one attached hydrogen (secondary N) is 2. The first-order valence-electron chi connectivity index (χ1n) is 12.2. The van der Waals surface area contributed by atoms with Gasteiger partial charge in [-0.05, 0) is 54.4 Å². The molecule has 0 aliphatic carbocycles. The Bertz CT molecular complexity index is 1400. The van der Waals surface area contributed by atoms with Gasteiger partial charge in [-0.15, -0.1) is 11.8 Å². The molecule has 2 amide bonds. The normalized spacial score (nSPS) is 10.8. The summed E-state index contributed by atoms with van der Waals surface area (Å²) in [6, 6.07) is 20.6. The number of benzene rings is 3. The molecule has 9 heteroatoms. The van der Waals surface area contributed by atoms with E-state index < -0.39 is 0 Å². The van der Waals surface area contributed by atoms with Gasteiger partial charge in [-0.25, -0.2) is 0 Å². The highest BCUT2D eigenvalue weighted by Crippen LogP contribution is 2.30. The second-order valence-electron chi connectivity index (χ2n) is 8.54. The Balaban J connectivity index is 1.29. The van der Waals surface area contributed by atoms with E-state index in [4.69, 9.17) is 21.1 Å². The molecule has 198 valence electrons. The van der Waals surface area contributed by atoms with Gasteiger partial charge in [0.05, 0.1) is 20.0 Å². The summed E-state index contributed by atoms with van der Waals surface area (Å²) in [5, 5.41) is 7.62. The zero-order valence-corrected chi connectivity index (χ0v) is 22.9. The van der Waals surface area contributed by atoms with Gasteiger partial charge < -0.3 is 24.7 Å². The van der Waals surface area contributed by atoms with Crippen molar-refractivity contribution in [1.29, 1.82) is 0 Å². The molecule has 0 fully saturated rings. The first kappa shape index (κ1) is 27.4. The average molecular weight is 552 g/mol. The van der Waals surface area contributed by atoms with Crippen molar-refractivity contribution in [3.63, 3.8) is 0 Å². The first-order chi connectivity index (χ1) is 18.5. The van der Waals surface area contributed by atoms with E-state index >= 15 is 0 Å². The maximum absolute atomic E-state index is 12.5. The number of hydrogen-bond acceptors (Lipinski definition) is 5. The molecule has 0 spiro atoms. The smallest absolute Gasteiger partial charge is 0.251 e. The Morgan fingerprint density at radius 1 is 0.921 bits per heavy atom. The van der Waals surface area contributed by atoms with E-state index in [0.717, 1.165) is 21.4 Å². The predicted molar refractivity (Wildman–Crippen MR) is 153 cm³/mol. The molecule has 38 heavy (non-hydrogen) atoms. The van der Waals surface area contributed by atoms with Gasteiger partial charge in [-0.2, -0.15) is 0 Å². The van der Waals surface area contributed by atoms with Crippen molar-refractivity contribution in [3.8, 4) is 11.5 Å². The quantitative estimate of drug-likeness (QED) is 0.237. The molecule has 4 rings (SSSR count). The molecule has 0 saturated carbocycles. The molecule has 0 saturated heterocycles. The van der Waals surface area contributed by atoms with E-state index in [1.54, 1.807) is 38.5 Å². The number of nitrogens with zero attached hydrogens (tertiary/aromatic N) is 1. The Kier molecular flexibility index (Phi) is 9.56. The third-order valence-corrected chi connectivity index (χ3v) is 7.33. The molecule has 0 aliphatic rings. The fourth-order valence-electron chi connectivity index (χ4n) is 4.08. The zero-order chi connectivity index (χ0) is 26.9. The van der Waals surface area contributed by atoms with Crippen LogP contribution in [0.15, 0.2) is 77.8 Å². The number of amides is 2. The maximum atomic E-state index is 12.5. The topological polar surface area (TPSA) is 81.6 Å². The second kappa shape index (κ2) is 13.3. The first-order valence-corrected chi connectivity index (χ1v) is 13.6. The number of fused-ring (bicyclic) bond motifs is 1. The van der Waals surface area contributed by atoms with Gasteiger partial charge in [0.2, 0.25) is 5.91 Å². The molecule has 0 bridgehead atoms. The number of carbonyl (C=O) groups excluding carboxylic acids is 2. The third-order valence-electron chi connectivity index (χ3n) is 6.04. The Hall–Kier alpha value is -3.62. The minimum absolute atomic E-state index is 0.0254. The molecular formula is C29H30ClN3O4S.